The van der Waals surface area contributed by atoms with Crippen molar-refractivity contribution in [3.05, 3.63) is 42.0 Å². The van der Waals surface area contributed by atoms with E-state index in [1.165, 1.54) is 6.08 Å². The molecule has 0 spiro atoms. The van der Waals surface area contributed by atoms with Crippen LogP contribution in [0.3, 0.4) is 0 Å². The molecule has 2 rings (SSSR count). The molecule has 1 aromatic rings. The fourth-order valence-corrected chi connectivity index (χ4v) is 2.62. The van der Waals surface area contributed by atoms with Gasteiger partial charge in [-0.2, -0.15) is 0 Å². The molecule has 0 aromatic heterocycles. The van der Waals surface area contributed by atoms with Gasteiger partial charge in [0.25, 0.3) is 0 Å². The predicted octanol–water partition coefficient (Wildman–Crippen LogP) is 3.15. The minimum absolute atomic E-state index is 0.155. The van der Waals surface area contributed by atoms with E-state index in [1.54, 1.807) is 6.08 Å². The predicted molar refractivity (Wildman–Crippen MR) is 85.7 cm³/mol. The second kappa shape index (κ2) is 6.44. The van der Waals surface area contributed by atoms with E-state index in [0.717, 1.165) is 31.2 Å². The third-order valence-electron chi connectivity index (χ3n) is 4.35. The summed E-state index contributed by atoms with van der Waals surface area (Å²) in [4.78, 5) is 11.8. The van der Waals surface area contributed by atoms with E-state index in [-0.39, 0.29) is 5.91 Å². The first-order valence-corrected chi connectivity index (χ1v) is 7.62. The summed E-state index contributed by atoms with van der Waals surface area (Å²) in [7, 11) is 0. The summed E-state index contributed by atoms with van der Waals surface area (Å²) in [6.45, 7) is 4.79. The highest BCUT2D eigenvalue weighted by Gasteiger charge is 2.36. The van der Waals surface area contributed by atoms with Crippen LogP contribution in [0.2, 0.25) is 0 Å². The summed E-state index contributed by atoms with van der Waals surface area (Å²) in [5.74, 6) is -0.155. The van der Waals surface area contributed by atoms with Crippen molar-refractivity contribution in [1.82, 2.24) is 5.32 Å². The molecular formula is C18H25NO2. The van der Waals surface area contributed by atoms with Gasteiger partial charge in [0.2, 0.25) is 5.91 Å². The molecule has 0 saturated heterocycles. The SMILES string of the molecule is CC1(C)CCC(O)(CNC(=O)C=Cc2ccccc2)CC1. The molecular weight excluding hydrogens is 262 g/mol. The number of benzene rings is 1. The number of hydrogen-bond donors (Lipinski definition) is 2. The van der Waals surface area contributed by atoms with Crippen LogP contribution in [0.1, 0.15) is 45.1 Å². The van der Waals surface area contributed by atoms with Gasteiger partial charge in [0, 0.05) is 12.6 Å². The first-order chi connectivity index (χ1) is 9.89. The highest BCUT2D eigenvalue weighted by atomic mass is 16.3. The summed E-state index contributed by atoms with van der Waals surface area (Å²) in [6, 6.07) is 9.70. The Morgan fingerprint density at radius 3 is 2.43 bits per heavy atom. The third kappa shape index (κ3) is 5.01. The van der Waals surface area contributed by atoms with Gasteiger partial charge in [-0.1, -0.05) is 44.2 Å². The zero-order chi connectivity index (χ0) is 15.3. The zero-order valence-electron chi connectivity index (χ0n) is 12.9. The molecule has 1 aliphatic rings. The Balaban J connectivity index is 1.80. The number of carbonyl (C=O) groups excluding carboxylic acids is 1. The topological polar surface area (TPSA) is 49.3 Å². The highest BCUT2D eigenvalue weighted by Crippen LogP contribution is 2.39. The quantitative estimate of drug-likeness (QED) is 0.836. The van der Waals surface area contributed by atoms with Crippen LogP contribution in [0, 0.1) is 5.41 Å². The van der Waals surface area contributed by atoms with Crippen LogP contribution in [0.4, 0.5) is 0 Å². The molecule has 0 atom stereocenters. The zero-order valence-corrected chi connectivity index (χ0v) is 12.9. The minimum Gasteiger partial charge on any atom is -0.388 e. The van der Waals surface area contributed by atoms with Crippen molar-refractivity contribution >= 4 is 12.0 Å². The molecule has 0 aliphatic heterocycles. The fraction of sp³-hybridized carbons (Fsp3) is 0.500. The normalized spacial score (nSPS) is 20.3. The second-order valence-corrected chi connectivity index (χ2v) is 6.85. The average molecular weight is 287 g/mol. The molecule has 1 aliphatic carbocycles. The summed E-state index contributed by atoms with van der Waals surface area (Å²) in [6.07, 6.45) is 6.80. The van der Waals surface area contributed by atoms with Gasteiger partial charge in [0.1, 0.15) is 0 Å². The van der Waals surface area contributed by atoms with Gasteiger partial charge in [-0.05, 0) is 42.7 Å². The number of carbonyl (C=O) groups is 1. The Bertz CT molecular complexity index is 495. The van der Waals surface area contributed by atoms with Gasteiger partial charge in [0.15, 0.2) is 0 Å². The lowest BCUT2D eigenvalue weighted by Gasteiger charge is -2.40. The molecule has 2 N–H and O–H groups in total. The maximum atomic E-state index is 11.8. The number of nitrogens with one attached hydrogen (secondary N) is 1. The van der Waals surface area contributed by atoms with Crippen molar-refractivity contribution in [3.8, 4) is 0 Å². The standard InChI is InChI=1S/C18H25NO2/c1-17(2)10-12-18(21,13-11-17)14-19-16(20)9-8-15-6-4-3-5-7-15/h3-9,21H,10-14H2,1-2H3,(H,19,20). The number of rotatable bonds is 4. The van der Waals surface area contributed by atoms with Gasteiger partial charge < -0.3 is 10.4 Å². The van der Waals surface area contributed by atoms with Gasteiger partial charge in [-0.25, -0.2) is 0 Å². The van der Waals surface area contributed by atoms with Crippen molar-refractivity contribution < 1.29 is 9.90 Å². The Morgan fingerprint density at radius 2 is 1.81 bits per heavy atom. The third-order valence-corrected chi connectivity index (χ3v) is 4.35. The first kappa shape index (κ1) is 15.8. The lowest BCUT2D eigenvalue weighted by molar-refractivity contribution is -0.118. The smallest absolute Gasteiger partial charge is 0.244 e. The van der Waals surface area contributed by atoms with Gasteiger partial charge in [-0.15, -0.1) is 0 Å². The van der Waals surface area contributed by atoms with Crippen LogP contribution in [-0.2, 0) is 4.79 Å². The van der Waals surface area contributed by atoms with E-state index in [4.69, 9.17) is 0 Å². The van der Waals surface area contributed by atoms with Crippen molar-refractivity contribution in [2.45, 2.75) is 45.1 Å². The average Bonchev–Trinajstić information content (AvgIpc) is 2.48. The molecule has 3 heteroatoms. The lowest BCUT2D eigenvalue weighted by Crippen LogP contribution is -2.46. The number of amides is 1. The van der Waals surface area contributed by atoms with E-state index in [2.05, 4.69) is 19.2 Å². The Kier molecular flexibility index (Phi) is 4.84. The Labute approximate surface area is 127 Å². The Hall–Kier alpha value is -1.61. The number of aliphatic hydroxyl groups is 1. The van der Waals surface area contributed by atoms with Crippen LogP contribution in [0.25, 0.3) is 6.08 Å². The summed E-state index contributed by atoms with van der Waals surface area (Å²) >= 11 is 0. The van der Waals surface area contributed by atoms with E-state index < -0.39 is 5.60 Å². The molecule has 1 aromatic carbocycles. The molecule has 114 valence electrons. The summed E-state index contributed by atoms with van der Waals surface area (Å²) < 4.78 is 0. The lowest BCUT2D eigenvalue weighted by atomic mass is 9.71. The first-order valence-electron chi connectivity index (χ1n) is 7.62. The molecule has 0 unspecified atom stereocenters. The number of hydrogen-bond acceptors (Lipinski definition) is 2. The molecule has 1 fully saturated rings. The molecule has 1 saturated carbocycles. The monoisotopic (exact) mass is 287 g/mol. The maximum absolute atomic E-state index is 11.8. The molecule has 0 heterocycles. The molecule has 21 heavy (non-hydrogen) atoms. The van der Waals surface area contributed by atoms with Crippen molar-refractivity contribution in [2.24, 2.45) is 5.41 Å². The van der Waals surface area contributed by atoms with Gasteiger partial charge >= 0.3 is 0 Å². The second-order valence-electron chi connectivity index (χ2n) is 6.85. The van der Waals surface area contributed by atoms with E-state index >= 15 is 0 Å². The van der Waals surface area contributed by atoms with Crippen LogP contribution in [0.5, 0.6) is 0 Å². The van der Waals surface area contributed by atoms with Gasteiger partial charge in [-0.3, -0.25) is 4.79 Å². The largest absolute Gasteiger partial charge is 0.388 e. The molecule has 1 amide bonds. The van der Waals surface area contributed by atoms with E-state index in [9.17, 15) is 9.90 Å². The van der Waals surface area contributed by atoms with Crippen molar-refractivity contribution in [2.75, 3.05) is 6.54 Å². The van der Waals surface area contributed by atoms with Gasteiger partial charge in [0.05, 0.1) is 5.60 Å². The van der Waals surface area contributed by atoms with Crippen molar-refractivity contribution in [1.29, 1.82) is 0 Å². The van der Waals surface area contributed by atoms with Crippen LogP contribution >= 0.6 is 0 Å². The van der Waals surface area contributed by atoms with Crippen LogP contribution < -0.4 is 5.32 Å². The maximum Gasteiger partial charge on any atom is 0.244 e. The van der Waals surface area contributed by atoms with E-state index in [1.807, 2.05) is 30.3 Å². The molecule has 0 radical (unpaired) electrons. The summed E-state index contributed by atoms with van der Waals surface area (Å²) in [5.41, 5.74) is 0.556. The van der Waals surface area contributed by atoms with Crippen LogP contribution in [0.15, 0.2) is 36.4 Å². The Morgan fingerprint density at radius 1 is 1.19 bits per heavy atom. The molecule has 0 bridgehead atoms. The minimum atomic E-state index is -0.744. The van der Waals surface area contributed by atoms with Crippen LogP contribution in [-0.4, -0.2) is 23.2 Å². The highest BCUT2D eigenvalue weighted by molar-refractivity contribution is 5.91. The van der Waals surface area contributed by atoms with E-state index in [0.29, 0.717) is 12.0 Å². The summed E-state index contributed by atoms with van der Waals surface area (Å²) in [5, 5.41) is 13.3. The van der Waals surface area contributed by atoms with Crippen molar-refractivity contribution in [3.63, 3.8) is 0 Å². The fourth-order valence-electron chi connectivity index (χ4n) is 2.62. The molecule has 3 nitrogen and oxygen atoms in total.